The van der Waals surface area contributed by atoms with Crippen LogP contribution >= 0.6 is 0 Å². The van der Waals surface area contributed by atoms with Crippen LogP contribution in [-0.2, 0) is 0 Å². The molecule has 0 fully saturated rings. The van der Waals surface area contributed by atoms with E-state index in [0.29, 0.717) is 0 Å². The van der Waals surface area contributed by atoms with Crippen LogP contribution in [0.15, 0.2) is 0 Å². The molecule has 0 aliphatic rings. The molecule has 8 heteroatoms. The Morgan fingerprint density at radius 1 is 1.40 bits per heavy atom. The van der Waals surface area contributed by atoms with E-state index in [1.807, 2.05) is 0 Å². The fourth-order valence-corrected chi connectivity index (χ4v) is 7.99. The molecule has 0 bridgehead atoms. The highest BCUT2D eigenvalue weighted by molar-refractivity contribution is 6.69. The molecular formula is C2H18N4Si4. The molecule has 1 unspecified atom stereocenters. The normalized spacial score (nSPS) is 17.1. The summed E-state index contributed by atoms with van der Waals surface area (Å²) in [7, 11) is -1.24. The second-order valence-corrected chi connectivity index (χ2v) is 10.3. The molecule has 5 N–H and O–H groups in total. The molecule has 0 aliphatic heterocycles. The van der Waals surface area contributed by atoms with Gasteiger partial charge in [-0.05, 0) is 6.55 Å². The molecule has 10 heavy (non-hydrogen) atoms. The Morgan fingerprint density at radius 3 is 2.60 bits per heavy atom. The topological polar surface area (TPSA) is 62.1 Å². The summed E-state index contributed by atoms with van der Waals surface area (Å²) in [5.41, 5.74) is 0. The Labute approximate surface area is 71.4 Å². The maximum absolute atomic E-state index is 5.46. The molecule has 0 saturated heterocycles. The van der Waals surface area contributed by atoms with Crippen molar-refractivity contribution in [3.63, 3.8) is 0 Å². The van der Waals surface area contributed by atoms with Gasteiger partial charge in [-0.3, -0.25) is 0 Å². The Kier molecular flexibility index (Phi) is 8.36. The molecule has 0 rings (SSSR count). The van der Waals surface area contributed by atoms with Crippen LogP contribution in [0.2, 0.25) is 13.1 Å². The van der Waals surface area contributed by atoms with Crippen LogP contribution in [0.4, 0.5) is 0 Å². The molecule has 0 aromatic heterocycles. The summed E-state index contributed by atoms with van der Waals surface area (Å²) in [5, 5.41) is 5.46. The average Bonchev–Trinajstić information content (AvgIpc) is 1.89. The molecule has 0 amide bonds. The molecule has 0 saturated carbocycles. The van der Waals surface area contributed by atoms with E-state index in [2.05, 4.69) is 27.0 Å². The molecule has 0 aromatic rings. The van der Waals surface area contributed by atoms with Gasteiger partial charge in [-0.1, -0.05) is 6.55 Å². The molecule has 1 atom stereocenters. The van der Waals surface area contributed by atoms with Crippen molar-refractivity contribution in [1.82, 2.24) is 13.9 Å². The number of hydrogen-bond acceptors (Lipinski definition) is 4. The van der Waals surface area contributed by atoms with E-state index in [1.54, 1.807) is 0 Å². The summed E-state index contributed by atoms with van der Waals surface area (Å²) in [6, 6.07) is 0. The lowest BCUT2D eigenvalue weighted by Crippen LogP contribution is -2.53. The lowest BCUT2D eigenvalue weighted by molar-refractivity contribution is 1.31. The lowest BCUT2D eigenvalue weighted by Gasteiger charge is -2.11. The Bertz CT molecular complexity index is 72.3. The second-order valence-electron chi connectivity index (χ2n) is 2.11. The van der Waals surface area contributed by atoms with E-state index in [-0.39, 0.29) is 19.5 Å². The molecule has 4 nitrogen and oxygen atoms in total. The van der Waals surface area contributed by atoms with Crippen LogP contribution in [0.5, 0.6) is 0 Å². The summed E-state index contributed by atoms with van der Waals surface area (Å²) in [6.45, 7) is 4.53. The third-order valence-corrected chi connectivity index (χ3v) is 10.9. The summed E-state index contributed by atoms with van der Waals surface area (Å²) in [4.78, 5) is 0. The third kappa shape index (κ3) is 6.82. The first-order chi connectivity index (χ1) is 4.81. The highest BCUT2D eigenvalue weighted by Crippen LogP contribution is 1.60. The second kappa shape index (κ2) is 7.81. The van der Waals surface area contributed by atoms with Crippen molar-refractivity contribution in [2.45, 2.75) is 13.1 Å². The van der Waals surface area contributed by atoms with Crippen molar-refractivity contribution in [1.29, 1.82) is 0 Å². The van der Waals surface area contributed by atoms with Crippen molar-refractivity contribution in [3.05, 3.63) is 0 Å². The highest BCUT2D eigenvalue weighted by atomic mass is 28.4. The van der Waals surface area contributed by atoms with Gasteiger partial charge in [-0.15, -0.1) is 0 Å². The van der Waals surface area contributed by atoms with E-state index in [9.17, 15) is 0 Å². The lowest BCUT2D eigenvalue weighted by atomic mass is 11.9. The van der Waals surface area contributed by atoms with Crippen LogP contribution in [0.25, 0.3) is 0 Å². The van der Waals surface area contributed by atoms with Crippen molar-refractivity contribution < 1.29 is 0 Å². The van der Waals surface area contributed by atoms with Crippen LogP contribution in [-0.4, -0.2) is 38.5 Å². The van der Waals surface area contributed by atoms with Gasteiger partial charge in [0.15, 0.2) is 28.8 Å². The molecule has 0 spiro atoms. The maximum Gasteiger partial charge on any atom is 0.169 e. The number of nitrogens with two attached hydrogens (primary N) is 1. The van der Waals surface area contributed by atoms with Gasteiger partial charge in [-0.25, -0.2) is 0 Å². The summed E-state index contributed by atoms with van der Waals surface area (Å²) < 4.78 is 10.4. The van der Waals surface area contributed by atoms with Crippen LogP contribution in [0.1, 0.15) is 0 Å². The van der Waals surface area contributed by atoms with Gasteiger partial charge in [0.25, 0.3) is 0 Å². The number of hydrogen-bond donors (Lipinski definition) is 4. The van der Waals surface area contributed by atoms with E-state index in [1.165, 1.54) is 0 Å². The molecule has 0 aliphatic carbocycles. The van der Waals surface area contributed by atoms with Crippen molar-refractivity contribution in [2.24, 2.45) is 5.40 Å². The minimum Gasteiger partial charge on any atom is -0.358 e. The predicted molar refractivity (Wildman–Crippen MR) is 58.1 cm³/mol. The van der Waals surface area contributed by atoms with Gasteiger partial charge in [0.2, 0.25) is 0 Å². The van der Waals surface area contributed by atoms with Gasteiger partial charge in [-0.2, -0.15) is 0 Å². The smallest absolute Gasteiger partial charge is 0.169 e. The zero-order chi connectivity index (χ0) is 7.82. The molecular weight excluding hydrogens is 192 g/mol. The minimum atomic E-state index is -0.776. The van der Waals surface area contributed by atoms with Gasteiger partial charge < -0.3 is 19.3 Å². The average molecular weight is 211 g/mol. The van der Waals surface area contributed by atoms with Gasteiger partial charge in [0.05, 0.1) is 9.68 Å². The monoisotopic (exact) mass is 210 g/mol. The summed E-state index contributed by atoms with van der Waals surface area (Å²) in [5.74, 6) is 0. The van der Waals surface area contributed by atoms with Crippen LogP contribution in [0.3, 0.4) is 0 Å². The summed E-state index contributed by atoms with van der Waals surface area (Å²) >= 11 is 0. The number of rotatable bonds is 6. The van der Waals surface area contributed by atoms with Crippen LogP contribution < -0.4 is 19.3 Å². The Balaban J connectivity index is 2.97. The zero-order valence-electron chi connectivity index (χ0n) is 6.78. The maximum atomic E-state index is 5.46. The van der Waals surface area contributed by atoms with Crippen LogP contribution in [0, 0.1) is 0 Å². The fraction of sp³-hybridized carbons (Fsp3) is 1.00. The van der Waals surface area contributed by atoms with Gasteiger partial charge in [0.1, 0.15) is 0 Å². The van der Waals surface area contributed by atoms with Gasteiger partial charge in [0, 0.05) is 0 Å². The van der Waals surface area contributed by atoms with E-state index in [4.69, 9.17) is 5.40 Å². The standard InChI is InChI=1S/C2H18N4Si4/c1-7-4-9-6-10(2)5-8-3/h4-6,10H,3,7-9H2,1-2H3. The molecule has 0 radical (unpaired) electrons. The first-order valence-corrected chi connectivity index (χ1v) is 11.1. The highest BCUT2D eigenvalue weighted by Gasteiger charge is 1.98. The zero-order valence-corrected chi connectivity index (χ0v) is 12.2. The number of nitrogens with one attached hydrogen (secondary N) is 3. The fourth-order valence-electron chi connectivity index (χ4n) is 0.599. The summed E-state index contributed by atoms with van der Waals surface area (Å²) in [6.07, 6.45) is 0. The quantitative estimate of drug-likeness (QED) is 0.265. The first-order valence-electron chi connectivity index (χ1n) is 3.68. The molecule has 0 aromatic carbocycles. The molecule has 62 valence electrons. The van der Waals surface area contributed by atoms with Crippen molar-refractivity contribution >= 4 is 38.5 Å². The van der Waals surface area contributed by atoms with Crippen molar-refractivity contribution in [2.75, 3.05) is 0 Å². The minimum absolute atomic E-state index is 0.0808. The third-order valence-electron chi connectivity index (χ3n) is 1.21. The Morgan fingerprint density at radius 2 is 2.10 bits per heavy atom. The SMILES string of the molecule is C[SiH2]N[SiH2]N[SiH](C)N[SiH2]N. The van der Waals surface area contributed by atoms with E-state index in [0.717, 1.165) is 0 Å². The van der Waals surface area contributed by atoms with Crippen molar-refractivity contribution in [3.8, 4) is 0 Å². The predicted octanol–water partition coefficient (Wildman–Crippen LogP) is -4.31. The van der Waals surface area contributed by atoms with Gasteiger partial charge >= 0.3 is 0 Å². The first kappa shape index (κ1) is 10.7. The van der Waals surface area contributed by atoms with E-state index < -0.39 is 19.0 Å². The largest absolute Gasteiger partial charge is 0.358 e. The molecule has 0 heterocycles. The van der Waals surface area contributed by atoms with E-state index >= 15 is 0 Å². The Hall–Kier alpha value is 0.708.